The molecule has 3 aromatic heterocycles. The van der Waals surface area contributed by atoms with Crippen LogP contribution in [0.3, 0.4) is 0 Å². The summed E-state index contributed by atoms with van der Waals surface area (Å²) < 4.78 is 11.8. The maximum atomic E-state index is 9.96. The summed E-state index contributed by atoms with van der Waals surface area (Å²) in [6, 6.07) is 21.6. The maximum absolute atomic E-state index is 9.96. The minimum absolute atomic E-state index is 0.0612. The van der Waals surface area contributed by atoms with E-state index in [-0.39, 0.29) is 18.8 Å². The highest BCUT2D eigenvalue weighted by Gasteiger charge is 2.23. The summed E-state index contributed by atoms with van der Waals surface area (Å²) in [6.07, 6.45) is 2.08. The van der Waals surface area contributed by atoms with Crippen molar-refractivity contribution in [1.82, 2.24) is 25.1 Å². The molecular formula is C30H30N6O3S. The van der Waals surface area contributed by atoms with Crippen molar-refractivity contribution < 1.29 is 14.3 Å². The van der Waals surface area contributed by atoms with Gasteiger partial charge >= 0.3 is 0 Å². The zero-order chi connectivity index (χ0) is 27.5. The molecule has 0 bridgehead atoms. The van der Waals surface area contributed by atoms with E-state index in [1.165, 1.54) is 11.3 Å². The lowest BCUT2D eigenvalue weighted by atomic mass is 10.0. The van der Waals surface area contributed by atoms with Crippen molar-refractivity contribution in [3.05, 3.63) is 84.1 Å². The van der Waals surface area contributed by atoms with E-state index in [4.69, 9.17) is 14.1 Å². The summed E-state index contributed by atoms with van der Waals surface area (Å²) >= 11 is 1.42. The summed E-state index contributed by atoms with van der Waals surface area (Å²) in [5.74, 6) is 1.55. The molecule has 2 atom stereocenters. The van der Waals surface area contributed by atoms with Crippen LogP contribution in [0, 0.1) is 0 Å². The lowest BCUT2D eigenvalue weighted by molar-refractivity contribution is -0.0704. The standard InChI is InChI=1S/C30H30N6O3S/c1-19-15-36(16-20(2)38-19)17-21-12-25(24-11-7-6-10-23(24)18-37)32-27(13-21)33-30-31-14-26(40-30)29-35-34-28(39-29)22-8-4-3-5-9-22/h3-14,19-20,37H,15-18H2,1-2H3,(H,31,32,33)/t19-,20+. The van der Waals surface area contributed by atoms with Crippen LogP contribution >= 0.6 is 11.3 Å². The minimum Gasteiger partial charge on any atom is -0.415 e. The van der Waals surface area contributed by atoms with E-state index in [2.05, 4.69) is 51.4 Å². The van der Waals surface area contributed by atoms with Crippen LogP contribution in [0.4, 0.5) is 10.9 Å². The summed E-state index contributed by atoms with van der Waals surface area (Å²) in [5.41, 5.74) is 4.50. The predicted molar refractivity (Wildman–Crippen MR) is 155 cm³/mol. The van der Waals surface area contributed by atoms with Gasteiger partial charge in [-0.25, -0.2) is 9.97 Å². The Morgan fingerprint density at radius 2 is 1.73 bits per heavy atom. The normalized spacial score (nSPS) is 17.7. The summed E-state index contributed by atoms with van der Waals surface area (Å²) in [4.78, 5) is 12.6. The Labute approximate surface area is 236 Å². The molecule has 5 aromatic rings. The molecule has 0 amide bonds. The Balaban J connectivity index is 1.28. The van der Waals surface area contributed by atoms with Gasteiger partial charge in [0, 0.05) is 30.8 Å². The van der Waals surface area contributed by atoms with Gasteiger partial charge in [-0.2, -0.15) is 0 Å². The smallest absolute Gasteiger partial charge is 0.259 e. The van der Waals surface area contributed by atoms with Crippen LogP contribution in [0.15, 0.2) is 77.3 Å². The van der Waals surface area contributed by atoms with E-state index >= 15 is 0 Å². The Bertz CT molecular complexity index is 1580. The molecule has 1 fully saturated rings. The first-order valence-corrected chi connectivity index (χ1v) is 14.1. The molecule has 0 unspecified atom stereocenters. The highest BCUT2D eigenvalue weighted by atomic mass is 32.1. The van der Waals surface area contributed by atoms with E-state index in [0.29, 0.717) is 22.7 Å². The van der Waals surface area contributed by atoms with Crippen LogP contribution in [0.1, 0.15) is 25.0 Å². The topological polar surface area (TPSA) is 109 Å². The summed E-state index contributed by atoms with van der Waals surface area (Å²) in [6.45, 7) is 6.64. The van der Waals surface area contributed by atoms with Crippen LogP contribution in [-0.2, 0) is 17.9 Å². The Morgan fingerprint density at radius 3 is 2.52 bits per heavy atom. The average Bonchev–Trinajstić information content (AvgIpc) is 3.63. The largest absolute Gasteiger partial charge is 0.415 e. The number of nitrogens with zero attached hydrogens (tertiary/aromatic N) is 5. The van der Waals surface area contributed by atoms with Gasteiger partial charge in [-0.05, 0) is 49.2 Å². The van der Waals surface area contributed by atoms with Gasteiger partial charge in [0.1, 0.15) is 10.7 Å². The van der Waals surface area contributed by atoms with Crippen molar-refractivity contribution in [3.8, 4) is 33.5 Å². The van der Waals surface area contributed by atoms with Crippen molar-refractivity contribution in [1.29, 1.82) is 0 Å². The van der Waals surface area contributed by atoms with Gasteiger partial charge in [0.05, 0.1) is 30.7 Å². The molecule has 10 heteroatoms. The number of hydrogen-bond donors (Lipinski definition) is 2. The molecule has 40 heavy (non-hydrogen) atoms. The lowest BCUT2D eigenvalue weighted by Crippen LogP contribution is -2.44. The van der Waals surface area contributed by atoms with Gasteiger partial charge in [-0.15, -0.1) is 10.2 Å². The van der Waals surface area contributed by atoms with Crippen molar-refractivity contribution in [2.75, 3.05) is 18.4 Å². The molecule has 204 valence electrons. The minimum atomic E-state index is -0.0612. The zero-order valence-corrected chi connectivity index (χ0v) is 23.1. The van der Waals surface area contributed by atoms with Crippen molar-refractivity contribution >= 4 is 22.3 Å². The van der Waals surface area contributed by atoms with Gasteiger partial charge in [0.25, 0.3) is 5.89 Å². The summed E-state index contributed by atoms with van der Waals surface area (Å²) in [7, 11) is 0. The molecule has 1 aliphatic rings. The SMILES string of the molecule is C[C@@H]1CN(Cc2cc(Nc3ncc(-c4nnc(-c5ccccc5)o4)s3)nc(-c3ccccc3CO)c2)C[C@H](C)O1. The van der Waals surface area contributed by atoms with Crippen molar-refractivity contribution in [3.63, 3.8) is 0 Å². The van der Waals surface area contributed by atoms with Crippen molar-refractivity contribution in [2.24, 2.45) is 0 Å². The van der Waals surface area contributed by atoms with E-state index in [0.717, 1.165) is 52.5 Å². The van der Waals surface area contributed by atoms with Crippen LogP contribution < -0.4 is 5.32 Å². The number of ether oxygens (including phenoxy) is 1. The quantitative estimate of drug-likeness (QED) is 0.247. The second kappa shape index (κ2) is 11.6. The molecule has 1 saturated heterocycles. The average molecular weight is 555 g/mol. The number of rotatable bonds is 8. The van der Waals surface area contributed by atoms with Crippen LogP contribution in [0.25, 0.3) is 33.5 Å². The molecule has 4 heterocycles. The number of nitrogens with one attached hydrogen (secondary N) is 1. The number of anilines is 2. The van der Waals surface area contributed by atoms with Gasteiger partial charge in [0.15, 0.2) is 5.13 Å². The van der Waals surface area contributed by atoms with Crippen LogP contribution in [-0.4, -0.2) is 55.5 Å². The number of morpholine rings is 1. The number of aliphatic hydroxyl groups excluding tert-OH is 1. The van der Waals surface area contributed by atoms with Gasteiger partial charge in [-0.3, -0.25) is 4.90 Å². The second-order valence-corrected chi connectivity index (χ2v) is 11.0. The van der Waals surface area contributed by atoms with Crippen molar-refractivity contribution in [2.45, 2.75) is 39.2 Å². The number of benzene rings is 2. The fourth-order valence-electron chi connectivity index (χ4n) is 5.02. The lowest BCUT2D eigenvalue weighted by Gasteiger charge is -2.35. The van der Waals surface area contributed by atoms with E-state index < -0.39 is 0 Å². The first-order valence-electron chi connectivity index (χ1n) is 13.2. The Hall–Kier alpha value is -3.96. The zero-order valence-electron chi connectivity index (χ0n) is 22.3. The molecule has 0 spiro atoms. The Kier molecular flexibility index (Phi) is 7.65. The third kappa shape index (κ3) is 5.95. The number of pyridine rings is 1. The molecule has 1 aliphatic heterocycles. The molecule has 2 aromatic carbocycles. The monoisotopic (exact) mass is 554 g/mol. The number of hydrogen-bond acceptors (Lipinski definition) is 10. The van der Waals surface area contributed by atoms with Gasteiger partial charge < -0.3 is 19.6 Å². The second-order valence-electron chi connectivity index (χ2n) is 9.95. The molecule has 0 aliphatic carbocycles. The maximum Gasteiger partial charge on any atom is 0.259 e. The van der Waals surface area contributed by atoms with E-state index in [9.17, 15) is 5.11 Å². The van der Waals surface area contributed by atoms with Gasteiger partial charge in [0.2, 0.25) is 5.89 Å². The number of thiazole rings is 1. The Morgan fingerprint density at radius 1 is 0.975 bits per heavy atom. The fraction of sp³-hybridized carbons (Fsp3) is 0.267. The summed E-state index contributed by atoms with van der Waals surface area (Å²) in [5, 5.41) is 22.4. The van der Waals surface area contributed by atoms with E-state index in [1.54, 1.807) is 6.20 Å². The molecule has 0 radical (unpaired) electrons. The van der Waals surface area contributed by atoms with Crippen LogP contribution in [0.5, 0.6) is 0 Å². The first kappa shape index (κ1) is 26.3. The van der Waals surface area contributed by atoms with E-state index in [1.807, 2.05) is 54.6 Å². The number of aromatic nitrogens is 4. The van der Waals surface area contributed by atoms with Gasteiger partial charge in [-0.1, -0.05) is 53.8 Å². The highest BCUT2D eigenvalue weighted by molar-refractivity contribution is 7.18. The molecule has 6 rings (SSSR count). The number of aliphatic hydroxyl groups is 1. The highest BCUT2D eigenvalue weighted by Crippen LogP contribution is 2.33. The molecular weight excluding hydrogens is 524 g/mol. The first-order chi connectivity index (χ1) is 19.5. The third-order valence-electron chi connectivity index (χ3n) is 6.65. The third-order valence-corrected chi connectivity index (χ3v) is 7.55. The molecule has 9 nitrogen and oxygen atoms in total. The predicted octanol–water partition coefficient (Wildman–Crippen LogP) is 5.77. The molecule has 2 N–H and O–H groups in total. The van der Waals surface area contributed by atoms with Crippen LogP contribution in [0.2, 0.25) is 0 Å². The molecule has 0 saturated carbocycles. The fourth-order valence-corrected chi connectivity index (χ4v) is 5.77.